The van der Waals surface area contributed by atoms with E-state index < -0.39 is 19.6 Å². The number of nitrogens with zero attached hydrogens (tertiary/aromatic N) is 1. The normalized spacial score (nSPS) is 25.4. The fourth-order valence-corrected chi connectivity index (χ4v) is 3.44. The van der Waals surface area contributed by atoms with Crippen LogP contribution in [0.2, 0.25) is 0 Å². The van der Waals surface area contributed by atoms with Crippen LogP contribution >= 0.6 is 11.8 Å². The van der Waals surface area contributed by atoms with Crippen LogP contribution in [0.3, 0.4) is 0 Å². The maximum atomic E-state index is 12.7. The minimum atomic E-state index is -2.58. The number of thioether (sulfide) groups is 1. The van der Waals surface area contributed by atoms with Crippen LogP contribution in [0.15, 0.2) is 23.1 Å². The standard InChI is InChI=1S/C16H20F2N2S/c1-10-13(8-11-4-3-7-20(11)2)14-9-12(21-16(17)18)5-6-15(14)19-10/h5-6,9,11,16,19H,3-4,7-8H2,1-2H3/t11-/m1/s1/i1D3,2D3. The number of aryl methyl sites for hydroxylation is 1. The van der Waals surface area contributed by atoms with Gasteiger partial charge in [-0.25, -0.2) is 0 Å². The van der Waals surface area contributed by atoms with Crippen molar-refractivity contribution in [3.8, 4) is 0 Å². The summed E-state index contributed by atoms with van der Waals surface area (Å²) in [5.74, 6) is -2.58. The fraction of sp³-hybridized carbons (Fsp3) is 0.500. The Labute approximate surface area is 136 Å². The van der Waals surface area contributed by atoms with Gasteiger partial charge in [-0.3, -0.25) is 0 Å². The second-order valence-corrected chi connectivity index (χ2v) is 6.32. The molecule has 2 heterocycles. The minimum Gasteiger partial charge on any atom is -0.358 e. The number of nitrogens with one attached hydrogen (secondary N) is 1. The first-order valence-electron chi connectivity index (χ1n) is 9.83. The van der Waals surface area contributed by atoms with Gasteiger partial charge in [0.2, 0.25) is 0 Å². The van der Waals surface area contributed by atoms with Crippen molar-refractivity contribution in [2.75, 3.05) is 13.5 Å². The number of alkyl halides is 2. The molecule has 0 unspecified atom stereocenters. The third-order valence-corrected chi connectivity index (χ3v) is 4.62. The van der Waals surface area contributed by atoms with E-state index in [0.29, 0.717) is 46.1 Å². The molecule has 0 spiro atoms. The van der Waals surface area contributed by atoms with Gasteiger partial charge in [-0.05, 0) is 63.4 Å². The maximum Gasteiger partial charge on any atom is 0.288 e. The third-order valence-electron chi connectivity index (χ3n) is 3.92. The largest absolute Gasteiger partial charge is 0.358 e. The zero-order chi connectivity index (χ0) is 20.0. The van der Waals surface area contributed by atoms with Gasteiger partial charge in [-0.2, -0.15) is 8.78 Å². The van der Waals surface area contributed by atoms with E-state index in [0.717, 1.165) is 6.42 Å². The van der Waals surface area contributed by atoms with E-state index >= 15 is 0 Å². The molecule has 1 aliphatic heterocycles. The van der Waals surface area contributed by atoms with Gasteiger partial charge in [0, 0.05) is 35.8 Å². The highest BCUT2D eigenvalue weighted by atomic mass is 32.2. The van der Waals surface area contributed by atoms with Crippen LogP contribution in [0, 0.1) is 6.85 Å². The van der Waals surface area contributed by atoms with Crippen LogP contribution in [0.4, 0.5) is 8.78 Å². The molecule has 1 N–H and O–H groups in total. The average molecular weight is 316 g/mol. The highest BCUT2D eigenvalue weighted by Crippen LogP contribution is 2.32. The molecule has 3 rings (SSSR count). The predicted molar refractivity (Wildman–Crippen MR) is 84.3 cm³/mol. The van der Waals surface area contributed by atoms with Gasteiger partial charge in [0.15, 0.2) is 0 Å². The molecular formula is C16H20F2N2S. The molecule has 0 saturated carbocycles. The van der Waals surface area contributed by atoms with E-state index in [9.17, 15) is 8.78 Å². The molecule has 114 valence electrons. The zero-order valence-electron chi connectivity index (χ0n) is 17.3. The van der Waals surface area contributed by atoms with Crippen molar-refractivity contribution in [3.63, 3.8) is 0 Å². The van der Waals surface area contributed by atoms with E-state index in [-0.39, 0.29) is 18.2 Å². The maximum absolute atomic E-state index is 12.7. The summed E-state index contributed by atoms with van der Waals surface area (Å²) in [4.78, 5) is 4.66. The average Bonchev–Trinajstić information content (AvgIpc) is 3.11. The number of rotatable bonds is 4. The monoisotopic (exact) mass is 316 g/mol. The Hall–Kier alpha value is -1.07. The van der Waals surface area contributed by atoms with Crippen LogP contribution in [0.25, 0.3) is 10.9 Å². The second kappa shape index (κ2) is 5.97. The topological polar surface area (TPSA) is 19.0 Å². The molecule has 21 heavy (non-hydrogen) atoms. The van der Waals surface area contributed by atoms with Gasteiger partial charge in [0.25, 0.3) is 5.76 Å². The quantitative estimate of drug-likeness (QED) is 0.842. The van der Waals surface area contributed by atoms with Crippen molar-refractivity contribution in [2.45, 2.75) is 42.8 Å². The molecule has 1 saturated heterocycles. The fourth-order valence-electron chi connectivity index (χ4n) is 2.90. The Balaban J connectivity index is 2.05. The number of aromatic amines is 1. The minimum absolute atomic E-state index is 0.0501. The molecular weight excluding hydrogens is 290 g/mol. The lowest BCUT2D eigenvalue weighted by atomic mass is 10.0. The van der Waals surface area contributed by atoms with Gasteiger partial charge >= 0.3 is 0 Å². The van der Waals surface area contributed by atoms with Crippen molar-refractivity contribution in [2.24, 2.45) is 0 Å². The molecule has 1 fully saturated rings. The Morgan fingerprint density at radius 2 is 2.43 bits per heavy atom. The molecule has 1 aromatic heterocycles. The molecule has 0 radical (unpaired) electrons. The van der Waals surface area contributed by atoms with Crippen molar-refractivity contribution in [1.82, 2.24) is 9.88 Å². The highest BCUT2D eigenvalue weighted by molar-refractivity contribution is 7.99. The van der Waals surface area contributed by atoms with Gasteiger partial charge in [-0.15, -0.1) is 0 Å². The van der Waals surface area contributed by atoms with E-state index in [1.807, 2.05) is 0 Å². The van der Waals surface area contributed by atoms with E-state index in [2.05, 4.69) is 4.98 Å². The van der Waals surface area contributed by atoms with Crippen molar-refractivity contribution >= 4 is 22.7 Å². The molecule has 0 amide bonds. The van der Waals surface area contributed by atoms with Crippen LogP contribution in [-0.2, 0) is 6.42 Å². The van der Waals surface area contributed by atoms with E-state index in [1.165, 1.54) is 11.0 Å². The number of fused-ring (bicyclic) bond motifs is 1. The lowest BCUT2D eigenvalue weighted by molar-refractivity contribution is 0.252. The molecule has 1 aliphatic rings. The summed E-state index contributed by atoms with van der Waals surface area (Å²) in [6.07, 6.45) is 1.62. The number of hydrogen-bond acceptors (Lipinski definition) is 2. The summed E-state index contributed by atoms with van der Waals surface area (Å²) in [5, 5.41) is 0.559. The smallest absolute Gasteiger partial charge is 0.288 e. The number of aromatic nitrogens is 1. The molecule has 5 heteroatoms. The van der Waals surface area contributed by atoms with Crippen LogP contribution in [-0.4, -0.2) is 35.2 Å². The van der Waals surface area contributed by atoms with E-state index in [1.54, 1.807) is 12.1 Å². The van der Waals surface area contributed by atoms with Crippen LogP contribution < -0.4 is 0 Å². The Bertz CT molecular complexity index is 818. The number of halogens is 2. The summed E-state index contributed by atoms with van der Waals surface area (Å²) >= 11 is 0.398. The number of hydrogen-bond donors (Lipinski definition) is 1. The summed E-state index contributed by atoms with van der Waals surface area (Å²) in [6.45, 7) is -4.23. The second-order valence-electron chi connectivity index (χ2n) is 5.26. The third kappa shape index (κ3) is 3.09. The van der Waals surface area contributed by atoms with Crippen LogP contribution in [0.1, 0.15) is 32.3 Å². The van der Waals surface area contributed by atoms with Crippen molar-refractivity contribution in [1.29, 1.82) is 0 Å². The molecule has 1 aromatic carbocycles. The Kier molecular flexibility index (Phi) is 2.60. The first-order valence-corrected chi connectivity index (χ1v) is 7.71. The van der Waals surface area contributed by atoms with Crippen molar-refractivity contribution in [3.05, 3.63) is 29.5 Å². The zero-order valence-corrected chi connectivity index (χ0v) is 12.1. The van der Waals surface area contributed by atoms with Gasteiger partial charge in [0.05, 0.1) is 0 Å². The summed E-state index contributed by atoms with van der Waals surface area (Å²) in [6, 6.07) is 4.35. The number of likely N-dealkylation sites (tertiary alicyclic amines) is 1. The number of likely N-dealkylation sites (N-methyl/N-ethyl adjacent to an activating group) is 1. The predicted octanol–water partition coefficient (Wildman–Crippen LogP) is 4.43. The van der Waals surface area contributed by atoms with Gasteiger partial charge in [0.1, 0.15) is 0 Å². The molecule has 0 bridgehead atoms. The first kappa shape index (κ1) is 9.16. The van der Waals surface area contributed by atoms with Crippen LogP contribution in [0.5, 0.6) is 0 Å². The molecule has 0 aliphatic carbocycles. The Morgan fingerprint density at radius 1 is 1.52 bits per heavy atom. The summed E-state index contributed by atoms with van der Waals surface area (Å²) < 4.78 is 72.0. The van der Waals surface area contributed by atoms with Gasteiger partial charge < -0.3 is 9.88 Å². The number of benzene rings is 1. The lowest BCUT2D eigenvalue weighted by Crippen LogP contribution is -2.26. The summed E-state index contributed by atoms with van der Waals surface area (Å²) in [5.41, 5.74) is 1.09. The molecule has 1 atom stereocenters. The first-order chi connectivity index (χ1) is 12.5. The van der Waals surface area contributed by atoms with Crippen molar-refractivity contribution < 1.29 is 17.0 Å². The van der Waals surface area contributed by atoms with Gasteiger partial charge in [-0.1, -0.05) is 11.8 Å². The SMILES string of the molecule is [2H]C([2H])([2H])c1[nH]c2ccc(SC(F)F)cc2c1C[C@H]1CCCN1C([2H])([2H])[2H]. The molecule has 2 nitrogen and oxygen atoms in total. The summed E-state index contributed by atoms with van der Waals surface area (Å²) in [7, 11) is 0. The lowest BCUT2D eigenvalue weighted by Gasteiger charge is -2.19. The van der Waals surface area contributed by atoms with E-state index in [4.69, 9.17) is 8.22 Å². The Morgan fingerprint density at radius 3 is 3.19 bits per heavy atom. The highest BCUT2D eigenvalue weighted by Gasteiger charge is 2.23. The number of H-pyrrole nitrogens is 1. The molecule has 2 aromatic rings.